The molecule has 5 aliphatic rings. The van der Waals surface area contributed by atoms with E-state index in [4.69, 9.17) is 4.74 Å². The maximum absolute atomic E-state index is 13.1. The van der Waals surface area contributed by atoms with E-state index >= 15 is 0 Å². The summed E-state index contributed by atoms with van der Waals surface area (Å²) in [5.41, 5.74) is -0.0303. The van der Waals surface area contributed by atoms with E-state index in [2.05, 4.69) is 15.2 Å². The van der Waals surface area contributed by atoms with Gasteiger partial charge in [-0.25, -0.2) is 4.98 Å². The number of esters is 1. The van der Waals surface area contributed by atoms with Gasteiger partial charge in [-0.3, -0.25) is 9.59 Å². The molecule has 7 heteroatoms. The van der Waals surface area contributed by atoms with Crippen molar-refractivity contribution in [3.05, 3.63) is 23.9 Å². The SMILES string of the molecule is COC(=O)CC1CCN(c2cccc(C(=O)N[C@H]3C4CC5CC3C[C@](O)(C5)C4)n2)CC1. The Morgan fingerprint density at radius 2 is 1.90 bits per heavy atom. The lowest BCUT2D eigenvalue weighted by Crippen LogP contribution is -2.61. The van der Waals surface area contributed by atoms with E-state index < -0.39 is 5.60 Å². The van der Waals surface area contributed by atoms with Gasteiger partial charge in [0, 0.05) is 25.6 Å². The molecule has 1 aromatic rings. The van der Waals surface area contributed by atoms with E-state index in [0.29, 0.717) is 35.8 Å². The van der Waals surface area contributed by atoms with Crippen LogP contribution in [0, 0.1) is 23.7 Å². The van der Waals surface area contributed by atoms with Crippen molar-refractivity contribution >= 4 is 17.7 Å². The van der Waals surface area contributed by atoms with Crippen LogP contribution < -0.4 is 10.2 Å². The molecule has 1 amide bonds. The van der Waals surface area contributed by atoms with E-state index in [-0.39, 0.29) is 17.9 Å². The standard InChI is InChI=1S/C24H33N3O4/c1-31-21(28)11-15-5-7-27(8-6-15)20-4-2-3-19(25-20)23(29)26-22-17-9-16-10-18(22)14-24(30,12-16)13-17/h2-4,15-18,22,30H,5-14H2,1H3,(H,26,29)/t16?,17?,18?,22-,24-. The van der Waals surface area contributed by atoms with Crippen LogP contribution in [-0.2, 0) is 9.53 Å². The van der Waals surface area contributed by atoms with Gasteiger partial charge in [0.05, 0.1) is 12.7 Å². The van der Waals surface area contributed by atoms with E-state index in [1.54, 1.807) is 6.07 Å². The normalized spacial score (nSPS) is 34.6. The van der Waals surface area contributed by atoms with Crippen molar-refractivity contribution in [3.63, 3.8) is 0 Å². The summed E-state index contributed by atoms with van der Waals surface area (Å²) in [6.45, 7) is 1.65. The second-order valence-corrected chi connectivity index (χ2v) is 10.3. The Bertz CT molecular complexity index is 835. The fourth-order valence-electron chi connectivity index (χ4n) is 6.85. The van der Waals surface area contributed by atoms with Gasteiger partial charge in [0.1, 0.15) is 11.5 Å². The number of pyridine rings is 1. The van der Waals surface area contributed by atoms with Crippen LogP contribution in [0.25, 0.3) is 0 Å². The zero-order chi connectivity index (χ0) is 21.6. The number of ether oxygens (including phenoxy) is 1. The molecule has 5 fully saturated rings. The van der Waals surface area contributed by atoms with Crippen molar-refractivity contribution in [2.24, 2.45) is 23.7 Å². The van der Waals surface area contributed by atoms with Crippen LogP contribution in [0.4, 0.5) is 5.82 Å². The van der Waals surface area contributed by atoms with Gasteiger partial charge in [0.25, 0.3) is 5.91 Å². The molecule has 4 aliphatic carbocycles. The van der Waals surface area contributed by atoms with E-state index in [9.17, 15) is 14.7 Å². The molecule has 168 valence electrons. The fourth-order valence-corrected chi connectivity index (χ4v) is 6.85. The number of carbonyl (C=O) groups is 2. The first-order valence-electron chi connectivity index (χ1n) is 11.7. The number of hydrogen-bond acceptors (Lipinski definition) is 6. The summed E-state index contributed by atoms with van der Waals surface area (Å²) in [5, 5.41) is 14.1. The second-order valence-electron chi connectivity index (χ2n) is 10.3. The quantitative estimate of drug-likeness (QED) is 0.702. The predicted molar refractivity (Wildman–Crippen MR) is 116 cm³/mol. The predicted octanol–water partition coefficient (Wildman–Crippen LogP) is 2.53. The zero-order valence-electron chi connectivity index (χ0n) is 18.3. The largest absolute Gasteiger partial charge is 0.469 e. The van der Waals surface area contributed by atoms with Crippen LogP contribution in [0.15, 0.2) is 18.2 Å². The molecular weight excluding hydrogens is 394 g/mol. The summed E-state index contributed by atoms with van der Waals surface area (Å²) in [6.07, 6.45) is 7.14. The Kier molecular flexibility index (Phi) is 5.40. The monoisotopic (exact) mass is 427 g/mol. The fraction of sp³-hybridized carbons (Fsp3) is 0.708. The number of carbonyl (C=O) groups excluding carboxylic acids is 2. The summed E-state index contributed by atoms with van der Waals surface area (Å²) < 4.78 is 4.79. The minimum Gasteiger partial charge on any atom is -0.469 e. The minimum atomic E-state index is -0.490. The summed E-state index contributed by atoms with van der Waals surface area (Å²) in [7, 11) is 1.43. The highest BCUT2D eigenvalue weighted by Crippen LogP contribution is 2.55. The van der Waals surface area contributed by atoms with Gasteiger partial charge in [-0.05, 0) is 80.8 Å². The minimum absolute atomic E-state index is 0.105. The topological polar surface area (TPSA) is 91.8 Å². The molecule has 7 nitrogen and oxygen atoms in total. The van der Waals surface area contributed by atoms with Crippen molar-refractivity contribution in [2.75, 3.05) is 25.1 Å². The third kappa shape index (κ3) is 4.16. The number of aromatic nitrogens is 1. The molecule has 31 heavy (non-hydrogen) atoms. The van der Waals surface area contributed by atoms with Crippen molar-refractivity contribution in [3.8, 4) is 0 Å². The maximum atomic E-state index is 13.1. The van der Waals surface area contributed by atoms with Crippen LogP contribution in [0.3, 0.4) is 0 Å². The van der Waals surface area contributed by atoms with Gasteiger partial charge in [-0.1, -0.05) is 6.07 Å². The van der Waals surface area contributed by atoms with E-state index in [1.807, 2.05) is 12.1 Å². The molecule has 4 bridgehead atoms. The number of nitrogens with zero attached hydrogens (tertiary/aromatic N) is 2. The molecule has 1 aromatic heterocycles. The Morgan fingerprint density at radius 1 is 1.19 bits per heavy atom. The van der Waals surface area contributed by atoms with Gasteiger partial charge in [0.2, 0.25) is 0 Å². The Morgan fingerprint density at radius 3 is 2.55 bits per heavy atom. The number of aliphatic hydroxyl groups is 1. The van der Waals surface area contributed by atoms with Crippen LogP contribution in [0.1, 0.15) is 61.9 Å². The molecule has 0 aromatic carbocycles. The highest BCUT2D eigenvalue weighted by Gasteiger charge is 2.55. The van der Waals surface area contributed by atoms with Crippen LogP contribution in [0.2, 0.25) is 0 Å². The highest BCUT2D eigenvalue weighted by atomic mass is 16.5. The van der Waals surface area contributed by atoms with Crippen LogP contribution >= 0.6 is 0 Å². The van der Waals surface area contributed by atoms with Gasteiger partial charge in [-0.2, -0.15) is 0 Å². The average molecular weight is 428 g/mol. The molecular formula is C24H33N3O4. The van der Waals surface area contributed by atoms with Gasteiger partial charge >= 0.3 is 5.97 Å². The van der Waals surface area contributed by atoms with Gasteiger partial charge < -0.3 is 20.1 Å². The third-order valence-electron chi connectivity index (χ3n) is 8.13. The highest BCUT2D eigenvalue weighted by molar-refractivity contribution is 5.93. The lowest BCUT2D eigenvalue weighted by molar-refractivity contribution is -0.141. The lowest BCUT2D eigenvalue weighted by atomic mass is 9.52. The number of piperidine rings is 1. The molecule has 0 spiro atoms. The first-order chi connectivity index (χ1) is 14.9. The Hall–Kier alpha value is -2.15. The van der Waals surface area contributed by atoms with Crippen molar-refractivity contribution < 1.29 is 19.4 Å². The average Bonchev–Trinajstić information content (AvgIpc) is 2.75. The number of methoxy groups -OCH3 is 1. The maximum Gasteiger partial charge on any atom is 0.305 e. The zero-order valence-corrected chi connectivity index (χ0v) is 18.3. The first-order valence-corrected chi connectivity index (χ1v) is 11.7. The Balaban J connectivity index is 1.21. The number of amides is 1. The molecule has 6 rings (SSSR count). The first kappa shape index (κ1) is 20.7. The summed E-state index contributed by atoms with van der Waals surface area (Å²) in [6, 6.07) is 5.79. The number of rotatable bonds is 5. The lowest BCUT2D eigenvalue weighted by Gasteiger charge is -2.58. The van der Waals surface area contributed by atoms with Crippen LogP contribution in [0.5, 0.6) is 0 Å². The molecule has 2 N–H and O–H groups in total. The Labute approximate surface area is 183 Å². The number of anilines is 1. The summed E-state index contributed by atoms with van der Waals surface area (Å²) >= 11 is 0. The van der Waals surface area contributed by atoms with Gasteiger partial charge in [-0.15, -0.1) is 0 Å². The number of hydrogen-bond donors (Lipinski definition) is 2. The second kappa shape index (κ2) is 8.08. The molecule has 2 unspecified atom stereocenters. The van der Waals surface area contributed by atoms with Crippen molar-refractivity contribution in [1.82, 2.24) is 10.3 Å². The molecule has 2 atom stereocenters. The molecule has 0 radical (unpaired) electrons. The molecule has 2 heterocycles. The van der Waals surface area contributed by atoms with Crippen molar-refractivity contribution in [1.29, 1.82) is 0 Å². The van der Waals surface area contributed by atoms with Crippen LogP contribution in [-0.4, -0.2) is 53.8 Å². The molecule has 1 saturated heterocycles. The third-order valence-corrected chi connectivity index (χ3v) is 8.13. The summed E-state index contributed by atoms with van der Waals surface area (Å²) in [4.78, 5) is 31.4. The molecule has 1 aliphatic heterocycles. The smallest absolute Gasteiger partial charge is 0.305 e. The van der Waals surface area contributed by atoms with E-state index in [0.717, 1.165) is 63.9 Å². The van der Waals surface area contributed by atoms with Gasteiger partial charge in [0.15, 0.2) is 0 Å². The molecule has 4 saturated carbocycles. The summed E-state index contributed by atoms with van der Waals surface area (Å²) in [5.74, 6) is 2.32. The van der Waals surface area contributed by atoms with E-state index in [1.165, 1.54) is 7.11 Å². The van der Waals surface area contributed by atoms with Crippen molar-refractivity contribution in [2.45, 2.75) is 63.0 Å². The number of nitrogens with one attached hydrogen (secondary N) is 1.